The van der Waals surface area contributed by atoms with Gasteiger partial charge in [0.2, 0.25) is 15.9 Å². The summed E-state index contributed by atoms with van der Waals surface area (Å²) in [6.07, 6.45) is 9.59. The molecule has 0 aromatic heterocycles. The second kappa shape index (κ2) is 6.72. The molecule has 136 valence electrons. The van der Waals surface area contributed by atoms with Crippen LogP contribution in [0.25, 0.3) is 0 Å². The number of benzene rings is 1. The van der Waals surface area contributed by atoms with Crippen LogP contribution in [0, 0.1) is 5.92 Å². The zero-order valence-electron chi connectivity index (χ0n) is 14.5. The maximum absolute atomic E-state index is 12.8. The Kier molecular flexibility index (Phi) is 4.58. The van der Waals surface area contributed by atoms with E-state index in [0.29, 0.717) is 5.92 Å². The van der Waals surface area contributed by atoms with Crippen molar-refractivity contribution in [3.63, 3.8) is 0 Å². The highest BCUT2D eigenvalue weighted by molar-refractivity contribution is 7.89. The van der Waals surface area contributed by atoms with Gasteiger partial charge in [-0.25, -0.2) is 13.1 Å². The molecule has 1 unspecified atom stereocenters. The fraction of sp³-hybridized carbons (Fsp3) is 0.632. The van der Waals surface area contributed by atoms with Gasteiger partial charge in [-0.3, -0.25) is 4.79 Å². The molecule has 1 heterocycles. The zero-order chi connectivity index (χ0) is 17.4. The molecule has 5 nitrogen and oxygen atoms in total. The van der Waals surface area contributed by atoms with Crippen LogP contribution in [0.2, 0.25) is 0 Å². The molecule has 1 aliphatic heterocycles. The van der Waals surface area contributed by atoms with Crippen LogP contribution in [0.3, 0.4) is 0 Å². The zero-order valence-corrected chi connectivity index (χ0v) is 15.3. The average molecular weight is 362 g/mol. The number of carbonyl (C=O) groups is 1. The second-order valence-electron chi connectivity index (χ2n) is 7.72. The van der Waals surface area contributed by atoms with Crippen LogP contribution in [-0.2, 0) is 14.8 Å². The minimum atomic E-state index is -3.53. The first-order valence-corrected chi connectivity index (χ1v) is 11.0. The van der Waals surface area contributed by atoms with E-state index in [9.17, 15) is 13.2 Å². The van der Waals surface area contributed by atoms with Crippen molar-refractivity contribution >= 4 is 21.6 Å². The van der Waals surface area contributed by atoms with E-state index in [-0.39, 0.29) is 22.8 Å². The minimum absolute atomic E-state index is 0.0247. The maximum atomic E-state index is 12.8. The molecular formula is C19H26N2O3S. The predicted octanol–water partition coefficient (Wildman–Crippen LogP) is 3.52. The van der Waals surface area contributed by atoms with Crippen LogP contribution in [0.4, 0.5) is 5.69 Å². The van der Waals surface area contributed by atoms with Crippen LogP contribution in [0.5, 0.6) is 0 Å². The molecule has 1 aromatic carbocycles. The Balaban J connectivity index is 1.60. The van der Waals surface area contributed by atoms with E-state index in [1.165, 1.54) is 6.42 Å². The molecule has 0 radical (unpaired) electrons. The van der Waals surface area contributed by atoms with E-state index >= 15 is 0 Å². The van der Waals surface area contributed by atoms with Gasteiger partial charge >= 0.3 is 0 Å². The summed E-state index contributed by atoms with van der Waals surface area (Å²) in [5.41, 5.74) is 1.64. The van der Waals surface area contributed by atoms with Gasteiger partial charge in [-0.2, -0.15) is 0 Å². The molecule has 2 fully saturated rings. The third-order valence-electron chi connectivity index (χ3n) is 6.01. The summed E-state index contributed by atoms with van der Waals surface area (Å²) in [6.45, 7) is 0. The molecule has 0 bridgehead atoms. The first-order chi connectivity index (χ1) is 12.0. The number of sulfonamides is 1. The van der Waals surface area contributed by atoms with E-state index in [2.05, 4.69) is 10.0 Å². The summed E-state index contributed by atoms with van der Waals surface area (Å²) in [7, 11) is -3.53. The van der Waals surface area contributed by atoms with Crippen LogP contribution >= 0.6 is 0 Å². The highest BCUT2D eigenvalue weighted by Crippen LogP contribution is 2.44. The van der Waals surface area contributed by atoms with E-state index in [4.69, 9.17) is 0 Å². The molecule has 2 saturated carbocycles. The van der Waals surface area contributed by atoms with Gasteiger partial charge < -0.3 is 5.32 Å². The Hall–Kier alpha value is -1.40. The summed E-state index contributed by atoms with van der Waals surface area (Å²) in [5.74, 6) is 0.171. The molecule has 0 spiro atoms. The van der Waals surface area contributed by atoms with Gasteiger partial charge in [0.25, 0.3) is 0 Å². The highest BCUT2D eigenvalue weighted by atomic mass is 32.2. The molecule has 4 rings (SSSR count). The number of anilines is 1. The molecule has 1 amide bonds. The van der Waals surface area contributed by atoms with Gasteiger partial charge in [0.05, 0.1) is 10.8 Å². The number of carbonyl (C=O) groups excluding carboxylic acids is 1. The number of rotatable bonds is 4. The molecule has 1 aromatic rings. The molecule has 1 atom stereocenters. The monoisotopic (exact) mass is 362 g/mol. The lowest BCUT2D eigenvalue weighted by Crippen LogP contribution is -2.36. The lowest BCUT2D eigenvalue weighted by atomic mass is 9.86. The number of fused-ring (bicyclic) bond motifs is 1. The highest BCUT2D eigenvalue weighted by Gasteiger charge is 2.38. The third kappa shape index (κ3) is 3.34. The van der Waals surface area contributed by atoms with Crippen LogP contribution in [0.1, 0.15) is 69.3 Å². The van der Waals surface area contributed by atoms with E-state index in [1.54, 1.807) is 18.2 Å². The van der Waals surface area contributed by atoms with Crippen molar-refractivity contribution in [1.82, 2.24) is 4.72 Å². The Morgan fingerprint density at radius 1 is 0.960 bits per heavy atom. The quantitative estimate of drug-likeness (QED) is 0.860. The van der Waals surface area contributed by atoms with Gasteiger partial charge in [-0.15, -0.1) is 0 Å². The Morgan fingerprint density at radius 2 is 1.64 bits per heavy atom. The topological polar surface area (TPSA) is 75.3 Å². The molecule has 3 aliphatic rings. The Bertz CT molecular complexity index is 763. The van der Waals surface area contributed by atoms with Crippen LogP contribution < -0.4 is 10.0 Å². The largest absolute Gasteiger partial charge is 0.325 e. The summed E-state index contributed by atoms with van der Waals surface area (Å²) >= 11 is 0. The second-order valence-corrected chi connectivity index (χ2v) is 9.43. The summed E-state index contributed by atoms with van der Waals surface area (Å²) < 4.78 is 28.5. The predicted molar refractivity (Wildman–Crippen MR) is 97.0 cm³/mol. The molecule has 2 aliphatic carbocycles. The van der Waals surface area contributed by atoms with Crippen molar-refractivity contribution in [2.75, 3.05) is 5.32 Å². The van der Waals surface area contributed by atoms with Crippen molar-refractivity contribution in [2.24, 2.45) is 5.92 Å². The lowest BCUT2D eigenvalue weighted by molar-refractivity contribution is -0.118. The van der Waals surface area contributed by atoms with Gasteiger partial charge in [-0.05, 0) is 55.4 Å². The standard InChI is InChI=1S/C19H26N2O3S/c22-19-18(13-6-4-5-7-13)16-12-15(10-11-17(16)20-19)25(23,24)21-14-8-2-1-3-9-14/h10-14,18,21H,1-9H2,(H,20,22). The molecule has 6 heteroatoms. The average Bonchev–Trinajstić information content (AvgIpc) is 3.21. The van der Waals surface area contributed by atoms with Crippen molar-refractivity contribution in [3.8, 4) is 0 Å². The normalized spacial score (nSPS) is 25.1. The van der Waals surface area contributed by atoms with Gasteiger partial charge in [0.15, 0.2) is 0 Å². The number of nitrogens with one attached hydrogen (secondary N) is 2. The smallest absolute Gasteiger partial charge is 0.240 e. The summed E-state index contributed by atoms with van der Waals surface area (Å²) in [5, 5.41) is 2.93. The molecule has 2 N–H and O–H groups in total. The minimum Gasteiger partial charge on any atom is -0.325 e. The van der Waals surface area contributed by atoms with Crippen molar-refractivity contribution in [1.29, 1.82) is 0 Å². The van der Waals surface area contributed by atoms with E-state index < -0.39 is 10.0 Å². The van der Waals surface area contributed by atoms with Crippen LogP contribution in [-0.4, -0.2) is 20.4 Å². The Morgan fingerprint density at radius 3 is 2.36 bits per heavy atom. The number of hydrogen-bond donors (Lipinski definition) is 2. The van der Waals surface area contributed by atoms with E-state index in [0.717, 1.165) is 62.6 Å². The van der Waals surface area contributed by atoms with Crippen molar-refractivity contribution < 1.29 is 13.2 Å². The molecule has 0 saturated heterocycles. The fourth-order valence-electron chi connectivity index (χ4n) is 4.70. The molecular weight excluding hydrogens is 336 g/mol. The number of amides is 1. The summed E-state index contributed by atoms with van der Waals surface area (Å²) in [4.78, 5) is 12.7. The summed E-state index contributed by atoms with van der Waals surface area (Å²) in [6, 6.07) is 5.12. The number of hydrogen-bond acceptors (Lipinski definition) is 3. The van der Waals surface area contributed by atoms with Crippen molar-refractivity contribution in [3.05, 3.63) is 23.8 Å². The van der Waals surface area contributed by atoms with Crippen molar-refractivity contribution in [2.45, 2.75) is 74.6 Å². The SMILES string of the molecule is O=C1Nc2ccc(S(=O)(=O)NC3CCCCC3)cc2C1C1CCCC1. The first kappa shape index (κ1) is 17.0. The maximum Gasteiger partial charge on any atom is 0.240 e. The first-order valence-electron chi connectivity index (χ1n) is 9.52. The third-order valence-corrected chi connectivity index (χ3v) is 7.53. The van der Waals surface area contributed by atoms with Gasteiger partial charge in [-0.1, -0.05) is 32.1 Å². The van der Waals surface area contributed by atoms with Gasteiger partial charge in [0, 0.05) is 11.7 Å². The lowest BCUT2D eigenvalue weighted by Gasteiger charge is -2.23. The molecule has 25 heavy (non-hydrogen) atoms. The Labute approximate surface area is 149 Å². The van der Waals surface area contributed by atoms with E-state index in [1.807, 2.05) is 0 Å². The van der Waals surface area contributed by atoms with Crippen LogP contribution in [0.15, 0.2) is 23.1 Å². The van der Waals surface area contributed by atoms with Gasteiger partial charge in [0.1, 0.15) is 0 Å². The fourth-order valence-corrected chi connectivity index (χ4v) is 6.04.